The third-order valence-corrected chi connectivity index (χ3v) is 4.65. The average Bonchev–Trinajstić information content (AvgIpc) is 2.65. The lowest BCUT2D eigenvalue weighted by Crippen LogP contribution is -2.59. The molecule has 0 radical (unpaired) electrons. The highest BCUT2D eigenvalue weighted by Gasteiger charge is 2.36. The van der Waals surface area contributed by atoms with Gasteiger partial charge in [0.1, 0.15) is 5.54 Å². The molecule has 1 unspecified atom stereocenters. The Morgan fingerprint density at radius 1 is 1.14 bits per heavy atom. The normalized spacial score (nSPS) is 15.4. The molecule has 0 spiro atoms. The Bertz CT molecular complexity index is 778. The monoisotopic (exact) mass is 408 g/mol. The lowest BCUT2D eigenvalue weighted by molar-refractivity contribution is -0.148. The van der Waals surface area contributed by atoms with Gasteiger partial charge in [0.2, 0.25) is 5.91 Å². The minimum atomic E-state index is -1.64. The number of phenols is 2. The zero-order valence-corrected chi connectivity index (χ0v) is 16.7. The molecule has 0 aliphatic rings. The summed E-state index contributed by atoms with van der Waals surface area (Å²) in [6.45, 7) is 4.67. The van der Waals surface area contributed by atoms with Crippen LogP contribution in [0.5, 0.6) is 11.5 Å². The average molecular weight is 408 g/mol. The van der Waals surface area contributed by atoms with Gasteiger partial charge in [0.15, 0.2) is 11.5 Å². The van der Waals surface area contributed by atoms with E-state index in [-0.39, 0.29) is 18.6 Å². The van der Waals surface area contributed by atoms with Crippen molar-refractivity contribution in [1.29, 1.82) is 0 Å². The summed E-state index contributed by atoms with van der Waals surface area (Å²) >= 11 is 0. The molecule has 1 rings (SSSR count). The number of carboxylic acid groups (broad SMARTS) is 2. The predicted octanol–water partition coefficient (Wildman–Crippen LogP) is 1.80. The number of hydrazine groups is 1. The fourth-order valence-electron chi connectivity index (χ4n) is 2.67. The maximum Gasteiger partial charge on any atom is 0.325 e. The molecule has 9 nitrogen and oxygen atoms in total. The molecule has 3 atom stereocenters. The largest absolute Gasteiger partial charge is 0.504 e. The number of phenolic OH excluding ortho intramolecular Hbond substituents is 2. The van der Waals surface area contributed by atoms with Gasteiger partial charge in [-0.05, 0) is 37.5 Å². The number of hydrogen-bond donors (Lipinski definition) is 6. The van der Waals surface area contributed by atoms with E-state index in [4.69, 9.17) is 0 Å². The summed E-state index contributed by atoms with van der Waals surface area (Å²) in [6.07, 6.45) is 4.36. The van der Waals surface area contributed by atoms with Crippen LogP contribution in [0.15, 0.2) is 30.4 Å². The first-order valence-corrected chi connectivity index (χ1v) is 9.21. The van der Waals surface area contributed by atoms with E-state index in [0.29, 0.717) is 5.56 Å². The smallest absolute Gasteiger partial charge is 0.325 e. The Morgan fingerprint density at radius 3 is 2.31 bits per heavy atom. The highest BCUT2D eigenvalue weighted by atomic mass is 16.4. The fourth-order valence-corrected chi connectivity index (χ4v) is 2.67. The molecule has 0 bridgehead atoms. The van der Waals surface area contributed by atoms with Crippen LogP contribution in [0.25, 0.3) is 0 Å². The number of allylic oxidation sites excluding steroid dienone is 2. The van der Waals surface area contributed by atoms with Crippen molar-refractivity contribution < 1.29 is 34.8 Å². The van der Waals surface area contributed by atoms with Gasteiger partial charge in [-0.3, -0.25) is 19.8 Å². The van der Waals surface area contributed by atoms with Crippen molar-refractivity contribution in [3.63, 3.8) is 0 Å². The van der Waals surface area contributed by atoms with E-state index in [1.165, 1.54) is 32.0 Å². The second-order valence-corrected chi connectivity index (χ2v) is 7.10. The molecule has 1 amide bonds. The van der Waals surface area contributed by atoms with Crippen molar-refractivity contribution in [1.82, 2.24) is 10.9 Å². The second-order valence-electron chi connectivity index (χ2n) is 7.10. The summed E-state index contributed by atoms with van der Waals surface area (Å²) in [5.41, 5.74) is 3.58. The number of rotatable bonds is 11. The van der Waals surface area contributed by atoms with Crippen LogP contribution in [0.2, 0.25) is 0 Å². The molecule has 0 fully saturated rings. The van der Waals surface area contributed by atoms with Gasteiger partial charge in [0.25, 0.3) is 0 Å². The molecule has 0 saturated heterocycles. The third kappa shape index (κ3) is 6.79. The topological polar surface area (TPSA) is 156 Å². The number of aromatic hydroxyl groups is 2. The first-order chi connectivity index (χ1) is 13.5. The van der Waals surface area contributed by atoms with E-state index in [1.807, 2.05) is 13.0 Å². The molecule has 160 valence electrons. The third-order valence-electron chi connectivity index (χ3n) is 4.65. The number of carbonyl (C=O) groups excluding carboxylic acids is 1. The van der Waals surface area contributed by atoms with Gasteiger partial charge in [0.05, 0.1) is 11.8 Å². The van der Waals surface area contributed by atoms with Gasteiger partial charge < -0.3 is 20.4 Å². The van der Waals surface area contributed by atoms with Gasteiger partial charge in [0, 0.05) is 6.42 Å². The van der Waals surface area contributed by atoms with Crippen LogP contribution < -0.4 is 10.9 Å². The summed E-state index contributed by atoms with van der Waals surface area (Å²) in [5, 5.41) is 37.8. The Kier molecular flexibility index (Phi) is 8.65. The lowest BCUT2D eigenvalue weighted by Gasteiger charge is -2.28. The summed E-state index contributed by atoms with van der Waals surface area (Å²) in [6, 6.07) is 3.91. The highest BCUT2D eigenvalue weighted by Crippen LogP contribution is 2.27. The molecule has 6 N–H and O–H groups in total. The quantitative estimate of drug-likeness (QED) is 0.184. The molecule has 9 heteroatoms. The van der Waals surface area contributed by atoms with Crippen molar-refractivity contribution >= 4 is 17.8 Å². The second kappa shape index (κ2) is 10.5. The molecule has 0 aliphatic carbocycles. The van der Waals surface area contributed by atoms with Crippen LogP contribution in [0.1, 0.15) is 39.2 Å². The van der Waals surface area contributed by atoms with Crippen LogP contribution in [0.4, 0.5) is 0 Å². The molecule has 0 aliphatic heterocycles. The number of carbonyl (C=O) groups is 3. The van der Waals surface area contributed by atoms with Crippen molar-refractivity contribution in [3.05, 3.63) is 35.9 Å². The predicted molar refractivity (Wildman–Crippen MR) is 105 cm³/mol. The number of benzene rings is 1. The zero-order chi connectivity index (χ0) is 22.2. The first-order valence-electron chi connectivity index (χ1n) is 9.21. The van der Waals surface area contributed by atoms with Crippen molar-refractivity contribution in [2.45, 2.75) is 45.6 Å². The fraction of sp³-hybridized carbons (Fsp3) is 0.450. The van der Waals surface area contributed by atoms with Gasteiger partial charge in [-0.15, -0.1) is 0 Å². The van der Waals surface area contributed by atoms with E-state index in [2.05, 4.69) is 10.9 Å². The van der Waals surface area contributed by atoms with Crippen molar-refractivity contribution in [3.8, 4) is 11.5 Å². The molecular weight excluding hydrogens is 380 g/mol. The molecular formula is C20H28N2O7. The maximum atomic E-state index is 12.6. The molecule has 0 heterocycles. The molecule has 1 aromatic rings. The van der Waals surface area contributed by atoms with E-state index in [0.717, 1.165) is 6.42 Å². The summed E-state index contributed by atoms with van der Waals surface area (Å²) in [4.78, 5) is 35.7. The highest BCUT2D eigenvalue weighted by molar-refractivity contribution is 5.85. The summed E-state index contributed by atoms with van der Waals surface area (Å²) in [7, 11) is 0. The van der Waals surface area contributed by atoms with Crippen LogP contribution in [-0.4, -0.2) is 43.8 Å². The molecule has 0 saturated carbocycles. The maximum absolute atomic E-state index is 12.6. The van der Waals surface area contributed by atoms with Crippen LogP contribution in [0.3, 0.4) is 0 Å². The van der Waals surface area contributed by atoms with Crippen molar-refractivity contribution in [2.24, 2.45) is 11.8 Å². The van der Waals surface area contributed by atoms with Gasteiger partial charge in [-0.1, -0.05) is 32.1 Å². The number of nitrogens with one attached hydrogen (secondary N) is 2. The Morgan fingerprint density at radius 2 is 1.79 bits per heavy atom. The van der Waals surface area contributed by atoms with Crippen LogP contribution in [-0.2, 0) is 20.8 Å². The van der Waals surface area contributed by atoms with Crippen LogP contribution >= 0.6 is 0 Å². The molecule has 1 aromatic carbocycles. The Hall–Kier alpha value is -3.07. The lowest BCUT2D eigenvalue weighted by atomic mass is 9.90. The standard InChI is InChI=1S/C20H28N2O7/c1-4-5-6-7-14(12(2)18(26)27)17(25)21-22-20(3,19(28)29)11-13-8-9-15(23)16(24)10-13/h5-6,8-10,12,14,22-24H,4,7,11H2,1-3H3,(H,21,25)(H,26,27)(H,28,29)/b6-5+/t12-,14-,20?/m0/s1. The Labute approximate surface area is 169 Å². The zero-order valence-electron chi connectivity index (χ0n) is 16.7. The Balaban J connectivity index is 2.94. The molecule has 29 heavy (non-hydrogen) atoms. The van der Waals surface area contributed by atoms with E-state index in [1.54, 1.807) is 6.08 Å². The van der Waals surface area contributed by atoms with E-state index < -0.39 is 41.0 Å². The minimum absolute atomic E-state index is 0.120. The molecule has 0 aromatic heterocycles. The number of carboxylic acids is 2. The summed E-state index contributed by atoms with van der Waals surface area (Å²) < 4.78 is 0. The van der Waals surface area contributed by atoms with E-state index >= 15 is 0 Å². The summed E-state index contributed by atoms with van der Waals surface area (Å²) in [5.74, 6) is -5.62. The van der Waals surface area contributed by atoms with Gasteiger partial charge in [-0.2, -0.15) is 0 Å². The first kappa shape index (κ1) is 24.0. The SMILES string of the molecule is CC/C=C/C[C@H](C(=O)NNC(C)(Cc1ccc(O)c(O)c1)C(=O)O)[C@H](C)C(=O)O. The van der Waals surface area contributed by atoms with Crippen molar-refractivity contribution in [2.75, 3.05) is 0 Å². The number of amides is 1. The number of aliphatic carboxylic acids is 2. The van der Waals surface area contributed by atoms with Gasteiger partial charge in [-0.25, -0.2) is 5.43 Å². The minimum Gasteiger partial charge on any atom is -0.504 e. The number of hydrogen-bond acceptors (Lipinski definition) is 6. The van der Waals surface area contributed by atoms with Crippen LogP contribution in [0, 0.1) is 11.8 Å². The van der Waals surface area contributed by atoms with Gasteiger partial charge >= 0.3 is 11.9 Å². The van der Waals surface area contributed by atoms with E-state index in [9.17, 15) is 34.8 Å².